The molecule has 2 nitrogen and oxygen atoms in total. The molecule has 100 valence electrons. The van der Waals surface area contributed by atoms with Gasteiger partial charge in [-0.2, -0.15) is 0 Å². The van der Waals surface area contributed by atoms with Crippen molar-refractivity contribution < 1.29 is 13.9 Å². The first kappa shape index (κ1) is 13.6. The fraction of sp³-hybridized carbons (Fsp3) is 0.538. The van der Waals surface area contributed by atoms with Gasteiger partial charge in [0, 0.05) is 11.4 Å². The molecule has 0 aliphatic heterocycles. The van der Waals surface area contributed by atoms with E-state index in [0.29, 0.717) is 36.3 Å². The summed E-state index contributed by atoms with van der Waals surface area (Å²) in [6.45, 7) is 0. The van der Waals surface area contributed by atoms with E-state index in [0.717, 1.165) is 0 Å². The van der Waals surface area contributed by atoms with Gasteiger partial charge in [-0.3, -0.25) is 0 Å². The highest BCUT2D eigenvalue weighted by molar-refractivity contribution is 6.30. The minimum atomic E-state index is -1.06. The second-order valence-corrected chi connectivity index (χ2v) is 5.48. The standard InChI is InChI=1S/C13H16ClF2NO/c14-9-5-8(12(16)11(17)6-9)7-13(18)3-1-10(15)2-4-13/h5-6,10,18H,1-4,7,17H2. The van der Waals surface area contributed by atoms with Gasteiger partial charge in [0.15, 0.2) is 0 Å². The van der Waals surface area contributed by atoms with Gasteiger partial charge in [0.2, 0.25) is 0 Å². The Kier molecular flexibility index (Phi) is 3.78. The highest BCUT2D eigenvalue weighted by atomic mass is 35.5. The number of hydrogen-bond acceptors (Lipinski definition) is 2. The molecule has 0 heterocycles. The average molecular weight is 276 g/mol. The summed E-state index contributed by atoms with van der Waals surface area (Å²) in [5.74, 6) is -0.546. The number of alkyl halides is 1. The van der Waals surface area contributed by atoms with Crippen molar-refractivity contribution >= 4 is 17.3 Å². The van der Waals surface area contributed by atoms with Crippen molar-refractivity contribution in [3.05, 3.63) is 28.5 Å². The predicted molar refractivity (Wildman–Crippen MR) is 67.8 cm³/mol. The van der Waals surface area contributed by atoms with Crippen molar-refractivity contribution in [3.8, 4) is 0 Å². The van der Waals surface area contributed by atoms with Crippen molar-refractivity contribution in [3.63, 3.8) is 0 Å². The largest absolute Gasteiger partial charge is 0.396 e. The van der Waals surface area contributed by atoms with Crippen LogP contribution in [0, 0.1) is 5.82 Å². The number of rotatable bonds is 2. The van der Waals surface area contributed by atoms with Crippen LogP contribution in [-0.4, -0.2) is 16.9 Å². The monoisotopic (exact) mass is 275 g/mol. The quantitative estimate of drug-likeness (QED) is 0.814. The molecule has 0 unspecified atom stereocenters. The SMILES string of the molecule is Nc1cc(Cl)cc(CC2(O)CCC(F)CC2)c1F. The molecule has 2 rings (SSSR count). The number of nitrogen functional groups attached to an aromatic ring is 1. The summed E-state index contributed by atoms with van der Waals surface area (Å²) in [6, 6.07) is 2.80. The van der Waals surface area contributed by atoms with Crippen LogP contribution < -0.4 is 5.73 Å². The zero-order valence-electron chi connectivity index (χ0n) is 9.93. The third-order valence-corrected chi connectivity index (χ3v) is 3.72. The van der Waals surface area contributed by atoms with Gasteiger partial charge >= 0.3 is 0 Å². The lowest BCUT2D eigenvalue weighted by atomic mass is 9.79. The number of anilines is 1. The molecule has 18 heavy (non-hydrogen) atoms. The molecule has 1 aromatic rings. The number of hydrogen-bond donors (Lipinski definition) is 2. The maximum Gasteiger partial charge on any atom is 0.149 e. The lowest BCUT2D eigenvalue weighted by Crippen LogP contribution is -2.37. The Bertz CT molecular complexity index is 445. The Hall–Kier alpha value is -0.870. The Morgan fingerprint density at radius 1 is 1.39 bits per heavy atom. The third-order valence-electron chi connectivity index (χ3n) is 3.51. The summed E-state index contributed by atoms with van der Waals surface area (Å²) in [7, 11) is 0. The van der Waals surface area contributed by atoms with Gasteiger partial charge in [-0.15, -0.1) is 0 Å². The minimum absolute atomic E-state index is 0.0275. The van der Waals surface area contributed by atoms with E-state index in [1.54, 1.807) is 0 Å². The Morgan fingerprint density at radius 2 is 2.00 bits per heavy atom. The van der Waals surface area contributed by atoms with E-state index in [-0.39, 0.29) is 12.1 Å². The van der Waals surface area contributed by atoms with E-state index in [9.17, 15) is 13.9 Å². The molecule has 1 fully saturated rings. The molecule has 0 atom stereocenters. The Labute approximate surface area is 110 Å². The van der Waals surface area contributed by atoms with Crippen LogP contribution in [0.15, 0.2) is 12.1 Å². The van der Waals surface area contributed by atoms with Gasteiger partial charge in [0.25, 0.3) is 0 Å². The first-order chi connectivity index (χ1) is 8.39. The zero-order valence-corrected chi connectivity index (χ0v) is 10.7. The molecule has 0 saturated heterocycles. The third kappa shape index (κ3) is 2.93. The summed E-state index contributed by atoms with van der Waals surface area (Å²) in [6.07, 6.45) is 0.554. The predicted octanol–water partition coefficient (Wildman–Crippen LogP) is 3.25. The summed E-state index contributed by atoms with van der Waals surface area (Å²) in [5.41, 5.74) is 4.70. The van der Waals surface area contributed by atoms with Crippen LogP contribution in [0.1, 0.15) is 31.2 Å². The highest BCUT2D eigenvalue weighted by Crippen LogP contribution is 2.34. The average Bonchev–Trinajstić information content (AvgIpc) is 2.30. The van der Waals surface area contributed by atoms with Crippen LogP contribution in [-0.2, 0) is 6.42 Å². The van der Waals surface area contributed by atoms with E-state index in [2.05, 4.69) is 0 Å². The molecule has 0 spiro atoms. The molecule has 1 aromatic carbocycles. The van der Waals surface area contributed by atoms with E-state index in [4.69, 9.17) is 17.3 Å². The van der Waals surface area contributed by atoms with Gasteiger partial charge in [-0.1, -0.05) is 11.6 Å². The van der Waals surface area contributed by atoms with Gasteiger partial charge in [0.05, 0.1) is 11.3 Å². The molecule has 1 aliphatic rings. The Balaban J connectivity index is 2.18. The lowest BCUT2D eigenvalue weighted by molar-refractivity contribution is -0.0148. The lowest BCUT2D eigenvalue weighted by Gasteiger charge is -2.33. The van der Waals surface area contributed by atoms with Crippen LogP contribution >= 0.6 is 11.6 Å². The topological polar surface area (TPSA) is 46.2 Å². The zero-order chi connectivity index (χ0) is 13.3. The fourth-order valence-electron chi connectivity index (χ4n) is 2.45. The molecular weight excluding hydrogens is 260 g/mol. The van der Waals surface area contributed by atoms with Gasteiger partial charge in [-0.25, -0.2) is 8.78 Å². The molecular formula is C13H16ClF2NO. The van der Waals surface area contributed by atoms with Crippen LogP contribution in [0.5, 0.6) is 0 Å². The number of aliphatic hydroxyl groups is 1. The maximum atomic E-state index is 13.8. The second kappa shape index (κ2) is 5.02. The Morgan fingerprint density at radius 3 is 2.61 bits per heavy atom. The minimum Gasteiger partial charge on any atom is -0.396 e. The van der Waals surface area contributed by atoms with Crippen LogP contribution in [0.4, 0.5) is 14.5 Å². The van der Waals surface area contributed by atoms with E-state index >= 15 is 0 Å². The molecule has 1 saturated carbocycles. The molecule has 0 bridgehead atoms. The summed E-state index contributed by atoms with van der Waals surface area (Å²) in [5, 5.41) is 10.7. The van der Waals surface area contributed by atoms with Crippen molar-refractivity contribution in [2.75, 3.05) is 5.73 Å². The normalized spacial score (nSPS) is 28.3. The molecule has 3 N–H and O–H groups in total. The first-order valence-corrected chi connectivity index (χ1v) is 6.37. The van der Waals surface area contributed by atoms with Gasteiger partial charge < -0.3 is 10.8 Å². The smallest absolute Gasteiger partial charge is 0.149 e. The van der Waals surface area contributed by atoms with Gasteiger partial charge in [-0.05, 0) is 43.4 Å². The van der Waals surface area contributed by atoms with Crippen LogP contribution in [0.3, 0.4) is 0 Å². The van der Waals surface area contributed by atoms with Crippen LogP contribution in [0.25, 0.3) is 0 Å². The van der Waals surface area contributed by atoms with Crippen molar-refractivity contribution in [2.45, 2.75) is 43.9 Å². The fourth-order valence-corrected chi connectivity index (χ4v) is 2.70. The maximum absolute atomic E-state index is 13.8. The molecule has 5 heteroatoms. The van der Waals surface area contributed by atoms with E-state index in [1.807, 2.05) is 0 Å². The number of halogens is 3. The first-order valence-electron chi connectivity index (χ1n) is 5.99. The highest BCUT2D eigenvalue weighted by Gasteiger charge is 2.34. The van der Waals surface area contributed by atoms with E-state index in [1.165, 1.54) is 12.1 Å². The van der Waals surface area contributed by atoms with E-state index < -0.39 is 17.6 Å². The van der Waals surface area contributed by atoms with Crippen LogP contribution in [0.2, 0.25) is 5.02 Å². The summed E-state index contributed by atoms with van der Waals surface area (Å²) >= 11 is 5.82. The van der Waals surface area contributed by atoms with Crippen molar-refractivity contribution in [1.82, 2.24) is 0 Å². The van der Waals surface area contributed by atoms with Crippen molar-refractivity contribution in [2.24, 2.45) is 0 Å². The molecule has 0 amide bonds. The summed E-state index contributed by atoms with van der Waals surface area (Å²) in [4.78, 5) is 0. The number of nitrogens with two attached hydrogens (primary N) is 1. The van der Waals surface area contributed by atoms with Gasteiger partial charge in [0.1, 0.15) is 12.0 Å². The second-order valence-electron chi connectivity index (χ2n) is 5.04. The number of benzene rings is 1. The molecule has 0 aromatic heterocycles. The van der Waals surface area contributed by atoms with Crippen molar-refractivity contribution in [1.29, 1.82) is 0 Å². The molecule has 1 aliphatic carbocycles. The summed E-state index contributed by atoms with van der Waals surface area (Å²) < 4.78 is 26.9. The molecule has 0 radical (unpaired) electrons.